The van der Waals surface area contributed by atoms with Crippen LogP contribution in [0, 0.1) is 22.7 Å². The minimum absolute atomic E-state index is 0.367. The van der Waals surface area contributed by atoms with Gasteiger partial charge in [0, 0.05) is 6.04 Å². The fourth-order valence-electron chi connectivity index (χ4n) is 3.03. The van der Waals surface area contributed by atoms with Gasteiger partial charge in [-0.05, 0) is 48.3 Å². The zero-order valence-corrected chi connectivity index (χ0v) is 14.1. The largest absolute Gasteiger partial charge is 0.327 e. The minimum Gasteiger partial charge on any atom is -0.327 e. The van der Waals surface area contributed by atoms with E-state index < -0.39 is 0 Å². The maximum atomic E-state index is 6.34. The number of rotatable bonds is 6. The van der Waals surface area contributed by atoms with Crippen LogP contribution in [0.25, 0.3) is 0 Å². The van der Waals surface area contributed by atoms with Gasteiger partial charge in [-0.2, -0.15) is 0 Å². The normalized spacial score (nSPS) is 18.5. The van der Waals surface area contributed by atoms with E-state index in [9.17, 15) is 0 Å². The quantitative estimate of drug-likeness (QED) is 0.690. The van der Waals surface area contributed by atoms with Crippen LogP contribution in [-0.2, 0) is 0 Å². The Hall–Kier alpha value is -0.0400. The van der Waals surface area contributed by atoms with Crippen molar-refractivity contribution in [2.45, 2.75) is 87.1 Å². The molecule has 2 N–H and O–H groups in total. The molecule has 0 heterocycles. The molecule has 0 rings (SSSR count). The lowest BCUT2D eigenvalue weighted by Crippen LogP contribution is -2.31. The molecule has 0 amide bonds. The lowest BCUT2D eigenvalue weighted by Gasteiger charge is -2.29. The van der Waals surface area contributed by atoms with E-state index in [1.54, 1.807) is 0 Å². The summed E-state index contributed by atoms with van der Waals surface area (Å²) >= 11 is 0. The first-order valence-electron chi connectivity index (χ1n) is 7.66. The number of hydrogen-bond donors (Lipinski definition) is 1. The second-order valence-corrected chi connectivity index (χ2v) is 8.85. The molecule has 0 saturated carbocycles. The molecule has 0 aromatic rings. The van der Waals surface area contributed by atoms with E-state index in [2.05, 4.69) is 55.4 Å². The molecule has 0 aromatic carbocycles. The summed E-state index contributed by atoms with van der Waals surface area (Å²) in [4.78, 5) is 0. The van der Waals surface area contributed by atoms with Crippen LogP contribution in [0.15, 0.2) is 0 Å². The van der Waals surface area contributed by atoms with Crippen molar-refractivity contribution >= 4 is 0 Å². The van der Waals surface area contributed by atoms with E-state index in [0.717, 1.165) is 5.92 Å². The lowest BCUT2D eigenvalue weighted by atomic mass is 9.79. The van der Waals surface area contributed by atoms with Crippen molar-refractivity contribution in [3.05, 3.63) is 0 Å². The van der Waals surface area contributed by atoms with Crippen molar-refractivity contribution in [3.8, 4) is 0 Å². The third-order valence-corrected chi connectivity index (χ3v) is 3.62. The van der Waals surface area contributed by atoms with Crippen LogP contribution >= 0.6 is 0 Å². The molecule has 18 heavy (non-hydrogen) atoms. The molecule has 0 bridgehead atoms. The van der Waals surface area contributed by atoms with E-state index in [0.29, 0.717) is 22.8 Å². The highest BCUT2D eigenvalue weighted by atomic mass is 14.6. The fourth-order valence-corrected chi connectivity index (χ4v) is 3.03. The lowest BCUT2D eigenvalue weighted by molar-refractivity contribution is 0.249. The highest BCUT2D eigenvalue weighted by molar-refractivity contribution is 4.76. The van der Waals surface area contributed by atoms with Gasteiger partial charge in [0.05, 0.1) is 0 Å². The maximum absolute atomic E-state index is 6.34. The molecule has 1 nitrogen and oxygen atoms in total. The average Bonchev–Trinajstić information content (AvgIpc) is 2.08. The zero-order chi connectivity index (χ0) is 14.6. The summed E-state index contributed by atoms with van der Waals surface area (Å²) < 4.78 is 0. The van der Waals surface area contributed by atoms with Gasteiger partial charge >= 0.3 is 0 Å². The standard InChI is InChI=1S/C17H37N/c1-13(11-16(3,4)5)9-10-15(18)14(2)12-17(6,7)8/h13-15H,9-12,18H2,1-8H3/t13?,14?,15-/m0/s1. The Morgan fingerprint density at radius 1 is 0.778 bits per heavy atom. The molecule has 110 valence electrons. The van der Waals surface area contributed by atoms with Gasteiger partial charge in [-0.3, -0.25) is 0 Å². The van der Waals surface area contributed by atoms with Crippen molar-refractivity contribution in [1.82, 2.24) is 0 Å². The summed E-state index contributed by atoms with van der Waals surface area (Å²) in [5.74, 6) is 1.42. The molecular formula is C17H37N. The van der Waals surface area contributed by atoms with E-state index in [-0.39, 0.29) is 0 Å². The van der Waals surface area contributed by atoms with Crippen LogP contribution in [0.5, 0.6) is 0 Å². The molecule has 0 saturated heterocycles. The van der Waals surface area contributed by atoms with Gasteiger partial charge < -0.3 is 5.73 Å². The highest BCUT2D eigenvalue weighted by Crippen LogP contribution is 2.30. The number of nitrogens with two attached hydrogens (primary N) is 1. The van der Waals surface area contributed by atoms with E-state index in [4.69, 9.17) is 5.73 Å². The topological polar surface area (TPSA) is 26.0 Å². The highest BCUT2D eigenvalue weighted by Gasteiger charge is 2.21. The van der Waals surface area contributed by atoms with Gasteiger partial charge in [0.25, 0.3) is 0 Å². The van der Waals surface area contributed by atoms with Gasteiger partial charge in [-0.15, -0.1) is 0 Å². The summed E-state index contributed by atoms with van der Waals surface area (Å²) in [6.45, 7) is 18.6. The summed E-state index contributed by atoms with van der Waals surface area (Å²) in [5, 5.41) is 0. The van der Waals surface area contributed by atoms with Crippen molar-refractivity contribution < 1.29 is 0 Å². The molecular weight excluding hydrogens is 218 g/mol. The predicted molar refractivity (Wildman–Crippen MR) is 83.7 cm³/mol. The number of hydrogen-bond acceptors (Lipinski definition) is 1. The molecule has 0 spiro atoms. The first kappa shape index (κ1) is 18.0. The summed E-state index contributed by atoms with van der Waals surface area (Å²) in [6.07, 6.45) is 4.97. The van der Waals surface area contributed by atoms with Crippen molar-refractivity contribution in [2.75, 3.05) is 0 Å². The third-order valence-electron chi connectivity index (χ3n) is 3.62. The van der Waals surface area contributed by atoms with Crippen LogP contribution in [0.3, 0.4) is 0 Å². The van der Waals surface area contributed by atoms with E-state index >= 15 is 0 Å². The van der Waals surface area contributed by atoms with Gasteiger partial charge in [-0.25, -0.2) is 0 Å². The molecule has 0 fully saturated rings. The molecule has 0 aromatic heterocycles. The van der Waals surface area contributed by atoms with Crippen molar-refractivity contribution in [2.24, 2.45) is 28.4 Å². The fraction of sp³-hybridized carbons (Fsp3) is 1.00. The van der Waals surface area contributed by atoms with Crippen LogP contribution in [0.2, 0.25) is 0 Å². The second-order valence-electron chi connectivity index (χ2n) is 8.85. The van der Waals surface area contributed by atoms with Crippen LogP contribution in [0.1, 0.15) is 81.1 Å². The Bertz CT molecular complexity index is 219. The first-order valence-corrected chi connectivity index (χ1v) is 7.66. The molecule has 2 unspecified atom stereocenters. The SMILES string of the molecule is CC(CC[C@H](N)C(C)CC(C)(C)C)CC(C)(C)C. The summed E-state index contributed by atoms with van der Waals surface area (Å²) in [7, 11) is 0. The maximum Gasteiger partial charge on any atom is 0.00648 e. The molecule has 1 heteroatoms. The Balaban J connectivity index is 3.99. The molecule has 0 radical (unpaired) electrons. The van der Waals surface area contributed by atoms with Crippen molar-refractivity contribution in [3.63, 3.8) is 0 Å². The predicted octanol–water partition coefficient (Wildman–Crippen LogP) is 5.24. The van der Waals surface area contributed by atoms with Gasteiger partial charge in [0.15, 0.2) is 0 Å². The Morgan fingerprint density at radius 3 is 1.61 bits per heavy atom. The minimum atomic E-state index is 0.367. The smallest absolute Gasteiger partial charge is 0.00648 e. The monoisotopic (exact) mass is 255 g/mol. The summed E-state index contributed by atoms with van der Waals surface area (Å²) in [6, 6.07) is 0.367. The zero-order valence-electron chi connectivity index (χ0n) is 14.1. The second kappa shape index (κ2) is 6.93. The Kier molecular flexibility index (Phi) is 6.92. The first-order chi connectivity index (χ1) is 7.91. The molecule has 0 aliphatic heterocycles. The van der Waals surface area contributed by atoms with Gasteiger partial charge in [-0.1, -0.05) is 55.4 Å². The Labute approximate surface area is 116 Å². The van der Waals surface area contributed by atoms with Gasteiger partial charge in [0.2, 0.25) is 0 Å². The third kappa shape index (κ3) is 9.94. The summed E-state index contributed by atoms with van der Waals surface area (Å²) in [5.41, 5.74) is 7.18. The Morgan fingerprint density at radius 2 is 1.22 bits per heavy atom. The van der Waals surface area contributed by atoms with Crippen LogP contribution < -0.4 is 5.73 Å². The van der Waals surface area contributed by atoms with Crippen LogP contribution in [0.4, 0.5) is 0 Å². The van der Waals surface area contributed by atoms with E-state index in [1.807, 2.05) is 0 Å². The average molecular weight is 255 g/mol. The van der Waals surface area contributed by atoms with E-state index in [1.165, 1.54) is 25.7 Å². The molecule has 0 aliphatic carbocycles. The van der Waals surface area contributed by atoms with Gasteiger partial charge in [0.1, 0.15) is 0 Å². The molecule has 0 aliphatic rings. The van der Waals surface area contributed by atoms with Crippen molar-refractivity contribution in [1.29, 1.82) is 0 Å². The molecule has 3 atom stereocenters. The van der Waals surface area contributed by atoms with Crippen LogP contribution in [-0.4, -0.2) is 6.04 Å².